The van der Waals surface area contributed by atoms with E-state index in [0.717, 1.165) is 0 Å². The third-order valence-electron chi connectivity index (χ3n) is 2.96. The lowest BCUT2D eigenvalue weighted by Gasteiger charge is -2.24. The molecule has 1 atom stereocenters. The van der Waals surface area contributed by atoms with Crippen LogP contribution in [0, 0.1) is 0 Å². The van der Waals surface area contributed by atoms with Gasteiger partial charge in [0.15, 0.2) is 5.78 Å². The highest BCUT2D eigenvalue weighted by molar-refractivity contribution is 5.97. The second kappa shape index (κ2) is 7.40. The summed E-state index contributed by atoms with van der Waals surface area (Å²) in [5.74, 6) is -2.35. The maximum absolute atomic E-state index is 12.0. The molecule has 0 aliphatic heterocycles. The van der Waals surface area contributed by atoms with Gasteiger partial charge >= 0.3 is 11.9 Å². The van der Waals surface area contributed by atoms with Gasteiger partial charge in [-0.25, -0.2) is 0 Å². The first kappa shape index (κ1) is 15.8. The van der Waals surface area contributed by atoms with Crippen molar-refractivity contribution in [3.8, 4) is 0 Å². The van der Waals surface area contributed by atoms with Crippen molar-refractivity contribution in [2.75, 3.05) is 13.1 Å². The Bertz CT molecular complexity index is 486. The fraction of sp³-hybridized carbons (Fsp3) is 0.357. The molecule has 0 aliphatic carbocycles. The van der Waals surface area contributed by atoms with Crippen LogP contribution in [0.15, 0.2) is 30.3 Å². The van der Waals surface area contributed by atoms with Crippen molar-refractivity contribution >= 4 is 17.7 Å². The van der Waals surface area contributed by atoms with Crippen molar-refractivity contribution < 1.29 is 24.6 Å². The molecule has 2 N–H and O–H groups in total. The lowest BCUT2D eigenvalue weighted by atomic mass is 10.1. The first-order chi connectivity index (χ1) is 9.41. The zero-order valence-corrected chi connectivity index (χ0v) is 11.2. The summed E-state index contributed by atoms with van der Waals surface area (Å²) in [6.45, 7) is 1.33. The Labute approximate surface area is 116 Å². The van der Waals surface area contributed by atoms with Crippen LogP contribution < -0.4 is 0 Å². The van der Waals surface area contributed by atoms with E-state index in [4.69, 9.17) is 10.2 Å². The van der Waals surface area contributed by atoms with Crippen LogP contribution in [0.1, 0.15) is 23.7 Å². The van der Waals surface area contributed by atoms with Crippen LogP contribution >= 0.6 is 0 Å². The zero-order valence-electron chi connectivity index (χ0n) is 11.2. The molecule has 1 aromatic rings. The van der Waals surface area contributed by atoms with Crippen LogP contribution in [0.3, 0.4) is 0 Å². The molecule has 1 rings (SSSR count). The lowest BCUT2D eigenvalue weighted by molar-refractivity contribution is -0.144. The summed E-state index contributed by atoms with van der Waals surface area (Å²) in [6.07, 6.45) is -0.209. The summed E-state index contributed by atoms with van der Waals surface area (Å²) in [4.78, 5) is 35.0. The van der Waals surface area contributed by atoms with Gasteiger partial charge in [0.1, 0.15) is 6.04 Å². The van der Waals surface area contributed by atoms with E-state index in [1.807, 2.05) is 0 Å². The molecule has 1 unspecified atom stereocenters. The SMILES string of the molecule is CC(C(=O)O)N(CCC(=O)O)CC(=O)c1ccccc1. The van der Waals surface area contributed by atoms with E-state index in [1.54, 1.807) is 30.3 Å². The molecule has 0 amide bonds. The summed E-state index contributed by atoms with van der Waals surface area (Å²) in [7, 11) is 0. The van der Waals surface area contributed by atoms with Gasteiger partial charge in [-0.2, -0.15) is 0 Å². The Morgan fingerprint density at radius 2 is 1.75 bits per heavy atom. The van der Waals surface area contributed by atoms with E-state index in [-0.39, 0.29) is 25.3 Å². The largest absolute Gasteiger partial charge is 0.481 e. The first-order valence-electron chi connectivity index (χ1n) is 6.18. The zero-order chi connectivity index (χ0) is 15.1. The average Bonchev–Trinajstić information content (AvgIpc) is 2.43. The third kappa shape index (κ3) is 4.81. The van der Waals surface area contributed by atoms with E-state index < -0.39 is 18.0 Å². The van der Waals surface area contributed by atoms with Crippen molar-refractivity contribution in [2.45, 2.75) is 19.4 Å². The monoisotopic (exact) mass is 279 g/mol. The second-order valence-corrected chi connectivity index (χ2v) is 4.42. The Hall–Kier alpha value is -2.21. The minimum Gasteiger partial charge on any atom is -0.481 e. The molecule has 0 saturated heterocycles. The fourth-order valence-corrected chi connectivity index (χ4v) is 1.70. The highest BCUT2D eigenvalue weighted by Crippen LogP contribution is 2.06. The molecule has 6 heteroatoms. The van der Waals surface area contributed by atoms with Gasteiger partial charge in [0, 0.05) is 12.1 Å². The van der Waals surface area contributed by atoms with Crippen LogP contribution in [0.2, 0.25) is 0 Å². The van der Waals surface area contributed by atoms with Crippen molar-refractivity contribution in [2.24, 2.45) is 0 Å². The number of ketones is 1. The van der Waals surface area contributed by atoms with Gasteiger partial charge in [-0.1, -0.05) is 30.3 Å². The number of hydrogen-bond acceptors (Lipinski definition) is 4. The number of carbonyl (C=O) groups excluding carboxylic acids is 1. The molecule has 0 radical (unpaired) electrons. The lowest BCUT2D eigenvalue weighted by Crippen LogP contribution is -2.43. The number of rotatable bonds is 8. The van der Waals surface area contributed by atoms with Crippen molar-refractivity contribution in [1.82, 2.24) is 4.90 Å². The molecule has 20 heavy (non-hydrogen) atoms. The molecule has 6 nitrogen and oxygen atoms in total. The number of carboxylic acid groups (broad SMARTS) is 2. The van der Waals surface area contributed by atoms with Crippen molar-refractivity contribution in [3.63, 3.8) is 0 Å². The number of nitrogens with zero attached hydrogens (tertiary/aromatic N) is 1. The van der Waals surface area contributed by atoms with Crippen LogP contribution in [-0.2, 0) is 9.59 Å². The Kier molecular flexibility index (Phi) is 5.86. The predicted octanol–water partition coefficient (Wildman–Crippen LogP) is 1.12. The Morgan fingerprint density at radius 3 is 2.25 bits per heavy atom. The maximum Gasteiger partial charge on any atom is 0.320 e. The number of carboxylic acids is 2. The number of hydrogen-bond donors (Lipinski definition) is 2. The molecule has 0 bridgehead atoms. The number of carbonyl (C=O) groups is 3. The smallest absolute Gasteiger partial charge is 0.320 e. The van der Waals surface area contributed by atoms with Crippen molar-refractivity contribution in [3.05, 3.63) is 35.9 Å². The summed E-state index contributed by atoms with van der Waals surface area (Å²) in [5, 5.41) is 17.7. The predicted molar refractivity (Wildman–Crippen MR) is 71.7 cm³/mol. The van der Waals surface area contributed by atoms with Crippen LogP contribution in [0.25, 0.3) is 0 Å². The number of benzene rings is 1. The van der Waals surface area contributed by atoms with Gasteiger partial charge in [-0.05, 0) is 6.92 Å². The van der Waals surface area contributed by atoms with E-state index in [9.17, 15) is 14.4 Å². The van der Waals surface area contributed by atoms with Gasteiger partial charge < -0.3 is 10.2 Å². The summed E-state index contributed by atoms with van der Waals surface area (Å²) >= 11 is 0. The van der Waals surface area contributed by atoms with Gasteiger partial charge in [0.25, 0.3) is 0 Å². The first-order valence-corrected chi connectivity index (χ1v) is 6.18. The standard InChI is InChI=1S/C14H17NO5/c1-10(14(19)20)15(8-7-13(17)18)9-12(16)11-5-3-2-4-6-11/h2-6,10H,7-9H2,1H3,(H,17,18)(H,19,20). The highest BCUT2D eigenvalue weighted by Gasteiger charge is 2.23. The van der Waals surface area contributed by atoms with Crippen LogP contribution in [-0.4, -0.2) is 52.0 Å². The summed E-state index contributed by atoms with van der Waals surface area (Å²) < 4.78 is 0. The van der Waals surface area contributed by atoms with Gasteiger partial charge in [-0.3, -0.25) is 19.3 Å². The van der Waals surface area contributed by atoms with Gasteiger partial charge in [-0.15, -0.1) is 0 Å². The Morgan fingerprint density at radius 1 is 1.15 bits per heavy atom. The van der Waals surface area contributed by atoms with Crippen LogP contribution in [0.4, 0.5) is 0 Å². The van der Waals surface area contributed by atoms with E-state index >= 15 is 0 Å². The fourth-order valence-electron chi connectivity index (χ4n) is 1.70. The second-order valence-electron chi connectivity index (χ2n) is 4.42. The molecular weight excluding hydrogens is 262 g/mol. The topological polar surface area (TPSA) is 94.9 Å². The normalized spacial score (nSPS) is 12.1. The quantitative estimate of drug-likeness (QED) is 0.692. The average molecular weight is 279 g/mol. The van der Waals surface area contributed by atoms with Crippen molar-refractivity contribution in [1.29, 1.82) is 0 Å². The molecule has 0 aromatic heterocycles. The minimum absolute atomic E-state index is 0.0153. The number of Topliss-reactive ketones (excluding diaryl/α,β-unsaturated/α-hetero) is 1. The summed E-state index contributed by atoms with van der Waals surface area (Å²) in [6, 6.07) is 7.58. The Balaban J connectivity index is 2.75. The third-order valence-corrected chi connectivity index (χ3v) is 2.96. The van der Waals surface area contributed by atoms with Gasteiger partial charge in [0.05, 0.1) is 13.0 Å². The molecule has 108 valence electrons. The summed E-state index contributed by atoms with van der Waals surface area (Å²) in [5.41, 5.74) is 0.477. The molecule has 0 aliphatic rings. The highest BCUT2D eigenvalue weighted by atomic mass is 16.4. The van der Waals surface area contributed by atoms with E-state index in [0.29, 0.717) is 5.56 Å². The van der Waals surface area contributed by atoms with Gasteiger partial charge in [0.2, 0.25) is 0 Å². The molecule has 0 heterocycles. The number of aliphatic carboxylic acids is 2. The molecule has 0 fully saturated rings. The molecule has 1 aromatic carbocycles. The molecule has 0 spiro atoms. The van der Waals surface area contributed by atoms with Crippen LogP contribution in [0.5, 0.6) is 0 Å². The maximum atomic E-state index is 12.0. The van der Waals surface area contributed by atoms with E-state index in [2.05, 4.69) is 0 Å². The molecular formula is C14H17NO5. The minimum atomic E-state index is -1.09. The van der Waals surface area contributed by atoms with E-state index in [1.165, 1.54) is 11.8 Å². The molecule has 0 saturated carbocycles.